The number of nitrogens with zero attached hydrogens (tertiary/aromatic N) is 2. The Labute approximate surface area is 788 Å². The molecule has 0 aromatic heterocycles. The van der Waals surface area contributed by atoms with Gasteiger partial charge in [-0.25, -0.2) is 0 Å². The van der Waals surface area contributed by atoms with Crippen LogP contribution >= 0.6 is 47.0 Å². The van der Waals surface area contributed by atoms with Crippen LogP contribution in [0.2, 0.25) is 0 Å². The maximum atomic E-state index is 15.1. The van der Waals surface area contributed by atoms with Gasteiger partial charge >= 0.3 is 0 Å². The van der Waals surface area contributed by atoms with Gasteiger partial charge in [0.15, 0.2) is 0 Å². The number of hydrogen-bond acceptors (Lipinski definition) is 12. The number of benzene rings is 4. The van der Waals surface area contributed by atoms with Gasteiger partial charge in [0.25, 0.3) is 23.6 Å². The van der Waals surface area contributed by atoms with Crippen LogP contribution in [-0.2, 0) is 0 Å². The topological polar surface area (TPSA) is 112 Å². The van der Waals surface area contributed by atoms with E-state index in [2.05, 4.69) is 79.7 Å². The number of hydrogen-bond donors (Lipinski definition) is 0. The molecule has 4 aliphatic rings. The Bertz CT molecular complexity index is 3230. The molecular weight excluding hydrogens is 1630 g/mol. The molecule has 0 spiro atoms. The molecule has 4 amide bonds. The first-order valence-corrected chi connectivity index (χ1v) is 57.1. The molecular formula is C112H182N2O8S4. The van der Waals surface area contributed by atoms with E-state index in [1.54, 1.807) is 61.1 Å². The second-order valence-electron chi connectivity index (χ2n) is 39.1. The van der Waals surface area contributed by atoms with Crippen LogP contribution in [0.25, 0.3) is 21.5 Å². The number of rotatable bonds is 80. The van der Waals surface area contributed by atoms with E-state index in [0.29, 0.717) is 95.4 Å². The van der Waals surface area contributed by atoms with Crippen LogP contribution in [0, 0.1) is 23.7 Å². The van der Waals surface area contributed by atoms with Gasteiger partial charge in [0, 0.05) is 55.2 Å². The second-order valence-corrected chi connectivity index (χ2v) is 43.8. The molecule has 0 bridgehead atoms. The van der Waals surface area contributed by atoms with Crippen molar-refractivity contribution in [3.8, 4) is 23.0 Å². The van der Waals surface area contributed by atoms with Crippen LogP contribution in [0.3, 0.4) is 0 Å². The first-order chi connectivity index (χ1) is 61.9. The minimum Gasteiger partial charge on any atom is -0.492 e. The third-order valence-electron chi connectivity index (χ3n) is 28.4. The second kappa shape index (κ2) is 64.8. The molecule has 0 saturated carbocycles. The highest BCUT2D eigenvalue weighted by atomic mass is 32.2. The predicted molar refractivity (Wildman–Crippen MR) is 546 cm³/mol. The lowest BCUT2D eigenvalue weighted by atomic mass is 9.91. The molecule has 4 heterocycles. The Hall–Kier alpha value is -3.98. The normalized spacial score (nSPS) is 13.9. The number of thioether (sulfide) groups is 4. The maximum Gasteiger partial charge on any atom is 0.265 e. The number of carbonyl (C=O) groups excluding carboxylic acids is 4. The van der Waals surface area contributed by atoms with E-state index >= 15 is 19.2 Å². The van der Waals surface area contributed by atoms with Gasteiger partial charge in [-0.2, -0.15) is 0 Å². The van der Waals surface area contributed by atoms with Crippen LogP contribution in [0.1, 0.15) is 533 Å². The average Bonchev–Trinajstić information content (AvgIpc) is 1.55. The molecule has 0 radical (unpaired) electrons. The smallest absolute Gasteiger partial charge is 0.265 e. The molecule has 14 heteroatoms. The zero-order chi connectivity index (χ0) is 89.6. The summed E-state index contributed by atoms with van der Waals surface area (Å²) in [6.45, 7) is 20.3. The minimum atomic E-state index is -0.318. The molecule has 0 N–H and O–H groups in total. The molecule has 712 valence electrons. The van der Waals surface area contributed by atoms with Gasteiger partial charge in [-0.3, -0.25) is 29.0 Å². The Morgan fingerprint density at radius 2 is 0.357 bits per heavy atom. The SMILES string of the molecule is CCCCCCCCCC(CCCCCCCCC)CCOc1c2c(c(OCCC(CCCCCCCCC)CCCCCCCCC)c3cc4c(cc13)SC(=C1Sc3cc5c(OCCC(CCCCCCCCC)CCCCCCCCC)c6c(c(OCCC(CCCCCCCCC)CCCCCCCCC)c5cc3S1)C(=O)N(C)C6=O)S4)C(=O)N(C)C2=O. The van der Waals surface area contributed by atoms with Crippen molar-refractivity contribution in [2.75, 3.05) is 40.5 Å². The average molecular weight is 1810 g/mol. The summed E-state index contributed by atoms with van der Waals surface area (Å²) in [6, 6.07) is 9.06. The fourth-order valence-electron chi connectivity index (χ4n) is 20.2. The lowest BCUT2D eigenvalue weighted by Gasteiger charge is -2.21. The zero-order valence-corrected chi connectivity index (χ0v) is 85.6. The fraction of sp³-hybridized carbons (Fsp3) is 0.768. The summed E-state index contributed by atoms with van der Waals surface area (Å²) in [7, 11) is 3.27. The van der Waals surface area contributed by atoms with E-state index in [9.17, 15) is 0 Å². The van der Waals surface area contributed by atoms with Gasteiger partial charge < -0.3 is 18.9 Å². The van der Waals surface area contributed by atoms with E-state index in [-0.39, 0.29) is 23.6 Å². The van der Waals surface area contributed by atoms with E-state index in [0.717, 1.165) is 66.8 Å². The van der Waals surface area contributed by atoms with Crippen LogP contribution in [0.4, 0.5) is 0 Å². The number of unbranched alkanes of at least 4 members (excludes halogenated alkanes) is 48. The highest BCUT2D eigenvalue weighted by Crippen LogP contribution is 2.64. The number of imide groups is 2. The molecule has 10 nitrogen and oxygen atoms in total. The molecule has 0 saturated heterocycles. The quantitative estimate of drug-likeness (QED) is 0.0310. The van der Waals surface area contributed by atoms with Crippen molar-refractivity contribution < 1.29 is 38.1 Å². The van der Waals surface area contributed by atoms with Gasteiger partial charge in [-0.1, -0.05) is 513 Å². The summed E-state index contributed by atoms with van der Waals surface area (Å²) in [6.07, 6.45) is 85.4. The van der Waals surface area contributed by atoms with Crippen LogP contribution < -0.4 is 18.9 Å². The molecule has 0 aliphatic carbocycles. The lowest BCUT2D eigenvalue weighted by molar-refractivity contribution is 0.0675. The Kier molecular flexibility index (Phi) is 55.2. The minimum absolute atomic E-state index is 0.318. The van der Waals surface area contributed by atoms with E-state index in [1.807, 2.05) is 0 Å². The van der Waals surface area contributed by atoms with Crippen LogP contribution in [0.15, 0.2) is 52.3 Å². The van der Waals surface area contributed by atoms with Gasteiger partial charge in [0.2, 0.25) is 0 Å². The summed E-state index contributed by atoms with van der Waals surface area (Å²) < 4.78 is 31.4. The standard InChI is InChI=1S/C112H182N2O8S4/c1-11-19-27-35-43-51-59-67-87(68-60-52-44-36-28-20-12-2)75-79-119-103-91-83-95-96(84-92(91)104(100-99(103)107(115)113(9)108(100)116)120-80-76-88(69-61-53-45-37-29-21-13-3)70-62-54-46-38-30-22-14-4)124-111(123-95)112-125-97-85-93-94(86-98(97)126-112)106(122-82-78-90(73-65-57-49-41-33-25-17-7)74-66-58-50-42-34-26-18-8)102-101(109(117)114(10)110(102)118)105(93)121-81-77-89(71-63-55-47-39-31-23-15-5)72-64-56-48-40-32-24-16-6/h83-90H,11-82H2,1-10H3. The Morgan fingerprint density at radius 3 is 0.508 bits per heavy atom. The van der Waals surface area contributed by atoms with Crippen molar-refractivity contribution in [1.82, 2.24) is 9.80 Å². The van der Waals surface area contributed by atoms with E-state index < -0.39 is 0 Å². The molecule has 8 rings (SSSR count). The third-order valence-corrected chi connectivity index (χ3v) is 34.0. The molecule has 0 unspecified atom stereocenters. The number of carbonyl (C=O) groups is 4. The summed E-state index contributed by atoms with van der Waals surface area (Å²) in [4.78, 5) is 67.2. The van der Waals surface area contributed by atoms with Crippen molar-refractivity contribution in [1.29, 1.82) is 0 Å². The van der Waals surface area contributed by atoms with Crippen molar-refractivity contribution in [2.45, 2.75) is 512 Å². The molecule has 4 aromatic carbocycles. The van der Waals surface area contributed by atoms with E-state index in [4.69, 9.17) is 18.9 Å². The number of ether oxygens (including phenoxy) is 4. The maximum absolute atomic E-state index is 15.1. The Balaban J connectivity index is 1.17. The van der Waals surface area contributed by atoms with Gasteiger partial charge in [0.05, 0.1) is 57.2 Å². The van der Waals surface area contributed by atoms with Gasteiger partial charge in [-0.05, 0) is 73.6 Å². The van der Waals surface area contributed by atoms with Crippen LogP contribution in [-0.4, -0.2) is 74.0 Å². The highest BCUT2D eigenvalue weighted by Gasteiger charge is 2.44. The van der Waals surface area contributed by atoms with Crippen LogP contribution in [0.5, 0.6) is 23.0 Å². The fourth-order valence-corrected chi connectivity index (χ4v) is 25.6. The third kappa shape index (κ3) is 36.4. The Morgan fingerprint density at radius 1 is 0.214 bits per heavy atom. The van der Waals surface area contributed by atoms with Crippen molar-refractivity contribution in [2.24, 2.45) is 23.7 Å². The first kappa shape index (κ1) is 107. The van der Waals surface area contributed by atoms with Gasteiger partial charge in [0.1, 0.15) is 23.0 Å². The predicted octanol–water partition coefficient (Wildman–Crippen LogP) is 37.3. The molecule has 4 aromatic rings. The number of fused-ring (bicyclic) bond motifs is 6. The summed E-state index contributed by atoms with van der Waals surface area (Å²) >= 11 is 7.13. The number of amides is 4. The van der Waals surface area contributed by atoms with Gasteiger partial charge in [-0.15, -0.1) is 0 Å². The van der Waals surface area contributed by atoms with E-state index in [1.165, 1.54) is 429 Å². The molecule has 0 atom stereocenters. The first-order valence-electron chi connectivity index (χ1n) is 53.8. The van der Waals surface area contributed by atoms with Crippen molar-refractivity contribution in [3.63, 3.8) is 0 Å². The molecule has 4 aliphatic heterocycles. The largest absolute Gasteiger partial charge is 0.492 e. The molecule has 126 heavy (non-hydrogen) atoms. The summed E-state index contributed by atoms with van der Waals surface area (Å²) in [5, 5.41) is 3.35. The highest BCUT2D eigenvalue weighted by molar-refractivity contribution is 8.30. The van der Waals surface area contributed by atoms with Crippen molar-refractivity contribution in [3.05, 3.63) is 55.0 Å². The summed E-state index contributed by atoms with van der Waals surface area (Å²) in [5.74, 6) is 2.89. The zero-order valence-electron chi connectivity index (χ0n) is 82.3. The summed E-state index contributed by atoms with van der Waals surface area (Å²) in [5.41, 5.74) is 1.42. The van der Waals surface area contributed by atoms with Crippen molar-refractivity contribution >= 4 is 92.2 Å². The monoisotopic (exact) mass is 1810 g/mol. The lowest BCUT2D eigenvalue weighted by Crippen LogP contribution is -2.24. The molecule has 0 fully saturated rings.